The van der Waals surface area contributed by atoms with Crippen molar-refractivity contribution in [2.75, 3.05) is 5.32 Å². The average molecular weight is 276 g/mol. The lowest BCUT2D eigenvalue weighted by molar-refractivity contribution is -0.384. The van der Waals surface area contributed by atoms with E-state index in [-0.39, 0.29) is 22.9 Å². The zero-order valence-electron chi connectivity index (χ0n) is 9.89. The molecule has 0 saturated heterocycles. The number of nitro groups is 2. The number of aromatic nitrogens is 1. The fourth-order valence-electron chi connectivity index (χ4n) is 1.51. The largest absolute Gasteiger partial charge is 0.506 e. The third-order valence-electron chi connectivity index (χ3n) is 2.43. The maximum absolute atomic E-state index is 10.8. The Kier molecular flexibility index (Phi) is 3.42. The summed E-state index contributed by atoms with van der Waals surface area (Å²) in [6, 6.07) is 6.00. The van der Waals surface area contributed by atoms with Crippen LogP contribution in [0.1, 0.15) is 0 Å². The Hall–Kier alpha value is -3.23. The van der Waals surface area contributed by atoms with Crippen LogP contribution in [0.2, 0.25) is 0 Å². The van der Waals surface area contributed by atoms with E-state index in [9.17, 15) is 25.3 Å². The molecule has 0 aliphatic heterocycles. The quantitative estimate of drug-likeness (QED) is 0.497. The lowest BCUT2D eigenvalue weighted by Gasteiger charge is -2.07. The molecule has 20 heavy (non-hydrogen) atoms. The first-order valence-corrected chi connectivity index (χ1v) is 5.33. The van der Waals surface area contributed by atoms with Gasteiger partial charge in [-0.2, -0.15) is 0 Å². The second kappa shape index (κ2) is 5.18. The third-order valence-corrected chi connectivity index (χ3v) is 2.43. The zero-order valence-corrected chi connectivity index (χ0v) is 9.89. The molecule has 2 N–H and O–H groups in total. The smallest absolute Gasteiger partial charge is 0.311 e. The molecule has 0 atom stereocenters. The Morgan fingerprint density at radius 1 is 1.15 bits per heavy atom. The first-order valence-electron chi connectivity index (χ1n) is 5.33. The fraction of sp³-hybridized carbons (Fsp3) is 0. The van der Waals surface area contributed by atoms with Gasteiger partial charge in [0.25, 0.3) is 5.69 Å². The van der Waals surface area contributed by atoms with Crippen LogP contribution in [-0.2, 0) is 0 Å². The standard InChI is InChI=1S/C11H8N4O5/c16-10-6-7(14(17)18)3-4-8(10)13-11-9(15(19)20)2-1-5-12-11/h1-6,16H,(H,12,13). The highest BCUT2D eigenvalue weighted by Gasteiger charge is 2.16. The van der Waals surface area contributed by atoms with Crippen molar-refractivity contribution in [3.05, 3.63) is 56.8 Å². The monoisotopic (exact) mass is 276 g/mol. The van der Waals surface area contributed by atoms with Gasteiger partial charge in [0, 0.05) is 18.3 Å². The number of nitrogens with one attached hydrogen (secondary N) is 1. The van der Waals surface area contributed by atoms with E-state index in [2.05, 4.69) is 10.3 Å². The lowest BCUT2D eigenvalue weighted by atomic mass is 10.2. The van der Waals surface area contributed by atoms with Gasteiger partial charge in [-0.15, -0.1) is 0 Å². The van der Waals surface area contributed by atoms with Gasteiger partial charge in [-0.25, -0.2) is 4.98 Å². The van der Waals surface area contributed by atoms with E-state index >= 15 is 0 Å². The van der Waals surface area contributed by atoms with Gasteiger partial charge >= 0.3 is 5.69 Å². The molecule has 0 radical (unpaired) electrons. The van der Waals surface area contributed by atoms with Gasteiger partial charge in [-0.3, -0.25) is 20.2 Å². The van der Waals surface area contributed by atoms with Crippen molar-refractivity contribution in [3.63, 3.8) is 0 Å². The normalized spacial score (nSPS) is 10.0. The molecule has 2 aromatic rings. The van der Waals surface area contributed by atoms with E-state index in [0.29, 0.717) is 0 Å². The van der Waals surface area contributed by atoms with Crippen molar-refractivity contribution in [1.82, 2.24) is 4.98 Å². The minimum atomic E-state index is -0.660. The summed E-state index contributed by atoms with van der Waals surface area (Å²) in [6.07, 6.45) is 1.35. The number of aromatic hydroxyl groups is 1. The van der Waals surface area contributed by atoms with Crippen molar-refractivity contribution >= 4 is 22.9 Å². The van der Waals surface area contributed by atoms with Crippen LogP contribution in [0.5, 0.6) is 5.75 Å². The van der Waals surface area contributed by atoms with Crippen LogP contribution in [0.25, 0.3) is 0 Å². The predicted molar refractivity (Wildman–Crippen MR) is 68.9 cm³/mol. The second-order valence-corrected chi connectivity index (χ2v) is 3.71. The number of pyridine rings is 1. The number of hydrogen-bond acceptors (Lipinski definition) is 7. The van der Waals surface area contributed by atoms with Crippen LogP contribution >= 0.6 is 0 Å². The Balaban J connectivity index is 2.36. The fourth-order valence-corrected chi connectivity index (χ4v) is 1.51. The van der Waals surface area contributed by atoms with Crippen molar-refractivity contribution in [3.8, 4) is 5.75 Å². The van der Waals surface area contributed by atoms with E-state index < -0.39 is 15.6 Å². The third kappa shape index (κ3) is 2.61. The minimum Gasteiger partial charge on any atom is -0.506 e. The predicted octanol–water partition coefficient (Wildman–Crippen LogP) is 2.35. The molecule has 0 spiro atoms. The summed E-state index contributed by atoms with van der Waals surface area (Å²) >= 11 is 0. The lowest BCUT2D eigenvalue weighted by Crippen LogP contribution is -1.99. The highest BCUT2D eigenvalue weighted by molar-refractivity contribution is 5.70. The number of hydrogen-bond donors (Lipinski definition) is 2. The van der Waals surface area contributed by atoms with Crippen LogP contribution < -0.4 is 5.32 Å². The van der Waals surface area contributed by atoms with Gasteiger partial charge in [0.05, 0.1) is 21.6 Å². The van der Waals surface area contributed by atoms with E-state index in [4.69, 9.17) is 0 Å². The van der Waals surface area contributed by atoms with Gasteiger partial charge in [0.2, 0.25) is 5.82 Å². The number of rotatable bonds is 4. The van der Waals surface area contributed by atoms with Crippen molar-refractivity contribution < 1.29 is 15.0 Å². The summed E-state index contributed by atoms with van der Waals surface area (Å²) in [6.45, 7) is 0. The number of benzene rings is 1. The van der Waals surface area contributed by atoms with E-state index in [1.165, 1.54) is 24.4 Å². The summed E-state index contributed by atoms with van der Waals surface area (Å²) in [5.41, 5.74) is -0.480. The number of phenolic OH excluding ortho intramolecular Hbond substituents is 1. The minimum absolute atomic E-state index is 0.0679. The molecule has 9 nitrogen and oxygen atoms in total. The number of phenols is 1. The van der Waals surface area contributed by atoms with Crippen molar-refractivity contribution in [2.24, 2.45) is 0 Å². The average Bonchev–Trinajstić information content (AvgIpc) is 2.41. The van der Waals surface area contributed by atoms with Crippen molar-refractivity contribution in [2.45, 2.75) is 0 Å². The molecular weight excluding hydrogens is 268 g/mol. The topological polar surface area (TPSA) is 131 Å². The highest BCUT2D eigenvalue weighted by Crippen LogP contribution is 2.32. The molecule has 0 fully saturated rings. The van der Waals surface area contributed by atoms with E-state index in [1.807, 2.05) is 0 Å². The molecule has 0 amide bonds. The van der Waals surface area contributed by atoms with Crippen LogP contribution in [0.15, 0.2) is 36.5 Å². The molecule has 0 aliphatic carbocycles. The van der Waals surface area contributed by atoms with E-state index in [0.717, 1.165) is 12.1 Å². The molecule has 2 rings (SSSR count). The number of nitrogens with zero attached hydrogens (tertiary/aromatic N) is 3. The molecule has 1 aromatic carbocycles. The summed E-state index contributed by atoms with van der Waals surface area (Å²) in [5.74, 6) is -0.471. The maximum Gasteiger partial charge on any atom is 0.311 e. The first-order chi connectivity index (χ1) is 9.49. The molecule has 0 bridgehead atoms. The SMILES string of the molecule is O=[N+]([O-])c1ccc(Nc2ncccc2[N+](=O)[O-])c(O)c1. The number of anilines is 2. The maximum atomic E-state index is 10.8. The first kappa shape index (κ1) is 13.2. The summed E-state index contributed by atoms with van der Waals surface area (Å²) in [5, 5.41) is 33.6. The number of non-ortho nitro benzene ring substituents is 1. The molecule has 0 aliphatic rings. The van der Waals surface area contributed by atoms with Gasteiger partial charge in [-0.05, 0) is 12.1 Å². The Bertz CT molecular complexity index is 688. The Labute approximate surface area is 111 Å². The summed E-state index contributed by atoms with van der Waals surface area (Å²) < 4.78 is 0. The van der Waals surface area contributed by atoms with Gasteiger partial charge in [0.15, 0.2) is 0 Å². The molecule has 0 saturated carbocycles. The number of nitro benzene ring substituents is 1. The van der Waals surface area contributed by atoms with Gasteiger partial charge in [0.1, 0.15) is 5.75 Å². The van der Waals surface area contributed by atoms with Crippen LogP contribution in [-0.4, -0.2) is 19.9 Å². The van der Waals surface area contributed by atoms with E-state index in [1.54, 1.807) is 0 Å². The molecule has 9 heteroatoms. The molecular formula is C11H8N4O5. The summed E-state index contributed by atoms with van der Waals surface area (Å²) in [4.78, 5) is 23.9. The highest BCUT2D eigenvalue weighted by atomic mass is 16.6. The van der Waals surface area contributed by atoms with Crippen LogP contribution in [0, 0.1) is 20.2 Å². The van der Waals surface area contributed by atoms with Gasteiger partial charge in [-0.1, -0.05) is 0 Å². The molecule has 0 unspecified atom stereocenters. The van der Waals surface area contributed by atoms with Crippen LogP contribution in [0.4, 0.5) is 22.9 Å². The van der Waals surface area contributed by atoms with Gasteiger partial charge < -0.3 is 10.4 Å². The summed E-state index contributed by atoms with van der Waals surface area (Å²) in [7, 11) is 0. The Morgan fingerprint density at radius 2 is 1.90 bits per heavy atom. The van der Waals surface area contributed by atoms with Crippen molar-refractivity contribution in [1.29, 1.82) is 0 Å². The Morgan fingerprint density at radius 3 is 2.50 bits per heavy atom. The zero-order chi connectivity index (χ0) is 14.7. The van der Waals surface area contributed by atoms with Crippen LogP contribution in [0.3, 0.4) is 0 Å². The molecule has 1 aromatic heterocycles. The molecule has 1 heterocycles. The second-order valence-electron chi connectivity index (χ2n) is 3.71. The molecule has 102 valence electrons.